The average Bonchev–Trinajstić information content (AvgIpc) is 3.77. The van der Waals surface area contributed by atoms with Gasteiger partial charge in [0.05, 0.1) is 44.0 Å². The smallest absolute Gasteiger partial charge is 0.407 e. The van der Waals surface area contributed by atoms with Gasteiger partial charge in [-0.25, -0.2) is 14.8 Å². The molecule has 2 amide bonds. The maximum Gasteiger partial charge on any atom is 0.407 e. The molecule has 10 heteroatoms. The molecule has 0 bridgehead atoms. The summed E-state index contributed by atoms with van der Waals surface area (Å²) in [5.41, 5.74) is 9.35. The normalized spacial score (nSPS) is 11.7. The van der Waals surface area contributed by atoms with Crippen molar-refractivity contribution in [3.8, 4) is 33.6 Å². The maximum atomic E-state index is 13.8. The topological polar surface area (TPSA) is 128 Å². The van der Waals surface area contributed by atoms with Gasteiger partial charge in [-0.05, 0) is 84.3 Å². The van der Waals surface area contributed by atoms with Crippen LogP contribution in [0.3, 0.4) is 0 Å². The van der Waals surface area contributed by atoms with Crippen molar-refractivity contribution >= 4 is 12.0 Å². The highest BCUT2D eigenvalue weighted by Crippen LogP contribution is 2.32. The first-order valence-electron chi connectivity index (χ1n) is 16.5. The molecule has 0 radical (unpaired) electrons. The van der Waals surface area contributed by atoms with Crippen molar-refractivity contribution in [1.29, 1.82) is 0 Å². The Kier molecular flexibility index (Phi) is 11.4. The van der Waals surface area contributed by atoms with E-state index in [4.69, 9.17) is 4.74 Å². The van der Waals surface area contributed by atoms with Crippen molar-refractivity contribution in [2.75, 3.05) is 20.2 Å². The third kappa shape index (κ3) is 8.19. The number of rotatable bonds is 14. The summed E-state index contributed by atoms with van der Waals surface area (Å²) in [6, 6.07) is 21.2. The third-order valence-electron chi connectivity index (χ3n) is 8.31. The van der Waals surface area contributed by atoms with Crippen LogP contribution in [-0.2, 0) is 22.6 Å². The molecule has 0 aliphatic rings. The van der Waals surface area contributed by atoms with Crippen molar-refractivity contribution in [1.82, 2.24) is 35.5 Å². The number of nitrogens with zero attached hydrogens (tertiary/aromatic N) is 3. The molecule has 2 heterocycles. The molecular weight excluding hydrogens is 602 g/mol. The number of aryl methyl sites for hydroxylation is 2. The molecule has 1 atom stereocenters. The third-order valence-corrected chi connectivity index (χ3v) is 8.31. The molecule has 4 N–H and O–H groups in total. The number of aromatic amines is 2. The number of aromatic nitrogens is 4. The van der Waals surface area contributed by atoms with Crippen molar-refractivity contribution in [2.24, 2.45) is 0 Å². The number of alkyl carbamates (subject to hydrolysis) is 1. The van der Waals surface area contributed by atoms with Crippen LogP contribution < -0.4 is 10.6 Å². The van der Waals surface area contributed by atoms with Crippen molar-refractivity contribution < 1.29 is 14.3 Å². The van der Waals surface area contributed by atoms with E-state index >= 15 is 0 Å². The number of carbonyl (C=O) groups is 2. The first-order valence-corrected chi connectivity index (χ1v) is 16.5. The Morgan fingerprint density at radius 2 is 1.44 bits per heavy atom. The molecule has 250 valence electrons. The molecule has 0 saturated carbocycles. The van der Waals surface area contributed by atoms with Crippen LogP contribution in [0.5, 0.6) is 0 Å². The highest BCUT2D eigenvalue weighted by Gasteiger charge is 2.28. The Labute approximate surface area is 282 Å². The van der Waals surface area contributed by atoms with Crippen LogP contribution in [0.4, 0.5) is 4.79 Å². The molecule has 1 unspecified atom stereocenters. The van der Waals surface area contributed by atoms with E-state index in [1.165, 1.54) is 23.8 Å². The van der Waals surface area contributed by atoms with Crippen LogP contribution in [0.1, 0.15) is 61.1 Å². The Bertz CT molecular complexity index is 1830. The van der Waals surface area contributed by atoms with Gasteiger partial charge >= 0.3 is 6.09 Å². The molecule has 2 aromatic heterocycles. The van der Waals surface area contributed by atoms with Gasteiger partial charge in [0.15, 0.2) is 0 Å². The molecular formula is C38H45N7O3. The van der Waals surface area contributed by atoms with E-state index in [-0.39, 0.29) is 12.5 Å². The van der Waals surface area contributed by atoms with Crippen LogP contribution in [0.25, 0.3) is 33.6 Å². The second kappa shape index (κ2) is 16.1. The van der Waals surface area contributed by atoms with E-state index in [9.17, 15) is 9.59 Å². The molecule has 0 spiro atoms. The van der Waals surface area contributed by atoms with E-state index in [0.29, 0.717) is 17.9 Å². The summed E-state index contributed by atoms with van der Waals surface area (Å²) >= 11 is 0. The van der Waals surface area contributed by atoms with Crippen molar-refractivity contribution in [3.63, 3.8) is 0 Å². The van der Waals surface area contributed by atoms with Crippen LogP contribution in [0.2, 0.25) is 0 Å². The quantitative estimate of drug-likeness (QED) is 0.0954. The predicted octanol–water partition coefficient (Wildman–Crippen LogP) is 7.09. The van der Waals surface area contributed by atoms with Crippen LogP contribution in [0.15, 0.2) is 79.1 Å². The Morgan fingerprint density at radius 1 is 0.833 bits per heavy atom. The Morgan fingerprint density at radius 3 is 2.00 bits per heavy atom. The largest absolute Gasteiger partial charge is 0.453 e. The van der Waals surface area contributed by atoms with Crippen LogP contribution in [0, 0.1) is 13.8 Å². The van der Waals surface area contributed by atoms with E-state index in [2.05, 4.69) is 87.7 Å². The highest BCUT2D eigenvalue weighted by molar-refractivity contribution is 5.87. The number of H-pyrrole nitrogens is 2. The summed E-state index contributed by atoms with van der Waals surface area (Å²) in [7, 11) is 1.28. The van der Waals surface area contributed by atoms with Crippen molar-refractivity contribution in [3.05, 3.63) is 107 Å². The van der Waals surface area contributed by atoms with Gasteiger partial charge in [0, 0.05) is 6.54 Å². The van der Waals surface area contributed by atoms with E-state index in [1.807, 2.05) is 43.5 Å². The van der Waals surface area contributed by atoms with Crippen molar-refractivity contribution in [2.45, 2.75) is 59.7 Å². The summed E-state index contributed by atoms with van der Waals surface area (Å²) in [6.45, 7) is 10.9. The lowest BCUT2D eigenvalue weighted by molar-refractivity contribution is -0.134. The second-order valence-corrected chi connectivity index (χ2v) is 12.0. The molecule has 0 aliphatic heterocycles. The summed E-state index contributed by atoms with van der Waals surface area (Å²) in [6.07, 6.45) is 4.87. The van der Waals surface area contributed by atoms with Gasteiger partial charge in [0.25, 0.3) is 0 Å². The Hall–Kier alpha value is -5.22. The maximum absolute atomic E-state index is 13.8. The number of ether oxygens (including phenoxy) is 1. The minimum Gasteiger partial charge on any atom is -0.453 e. The lowest BCUT2D eigenvalue weighted by atomic mass is 9.93. The number of methoxy groups -OCH3 is 1. The van der Waals surface area contributed by atoms with E-state index in [0.717, 1.165) is 59.8 Å². The Balaban J connectivity index is 1.31. The van der Waals surface area contributed by atoms with Gasteiger partial charge < -0.3 is 30.2 Å². The minimum absolute atomic E-state index is 0.232. The molecule has 48 heavy (non-hydrogen) atoms. The summed E-state index contributed by atoms with van der Waals surface area (Å²) in [5, 5.41) is 6.08. The van der Waals surface area contributed by atoms with E-state index in [1.54, 1.807) is 11.1 Å². The summed E-state index contributed by atoms with van der Waals surface area (Å²) in [4.78, 5) is 43.6. The average molecular weight is 648 g/mol. The molecule has 3 aromatic carbocycles. The fourth-order valence-electron chi connectivity index (χ4n) is 5.85. The zero-order valence-electron chi connectivity index (χ0n) is 28.4. The van der Waals surface area contributed by atoms with Gasteiger partial charge in [0.1, 0.15) is 17.7 Å². The number of benzene rings is 3. The van der Waals surface area contributed by atoms with E-state index < -0.39 is 12.1 Å². The fourth-order valence-corrected chi connectivity index (χ4v) is 5.85. The van der Waals surface area contributed by atoms with Gasteiger partial charge in [-0.15, -0.1) is 0 Å². The van der Waals surface area contributed by atoms with Gasteiger partial charge in [-0.1, -0.05) is 68.4 Å². The molecule has 5 rings (SSSR count). The number of hydrogen-bond acceptors (Lipinski definition) is 6. The molecule has 0 saturated heterocycles. The molecule has 10 nitrogen and oxygen atoms in total. The SMILES string of the molecule is CCCNCc1ncc(-c2ccc(-c3ccc(-c4cnc(CN(CCC)C(=O)C(NC(=O)OC)c5ccccc5)[nH]4)cc3C)c(C)c2)[nH]1. The summed E-state index contributed by atoms with van der Waals surface area (Å²) < 4.78 is 4.81. The number of hydrogen-bond donors (Lipinski definition) is 4. The van der Waals surface area contributed by atoms with Gasteiger partial charge in [-0.2, -0.15) is 0 Å². The fraction of sp³-hybridized carbons (Fsp3) is 0.316. The first kappa shape index (κ1) is 34.1. The van der Waals surface area contributed by atoms with Crippen LogP contribution >= 0.6 is 0 Å². The number of amides is 2. The second-order valence-electron chi connectivity index (χ2n) is 12.0. The molecule has 0 aliphatic carbocycles. The zero-order chi connectivity index (χ0) is 34.0. The molecule has 5 aromatic rings. The number of carbonyl (C=O) groups excluding carboxylic acids is 2. The lowest BCUT2D eigenvalue weighted by Crippen LogP contribution is -2.43. The number of imidazole rings is 2. The predicted molar refractivity (Wildman–Crippen MR) is 189 cm³/mol. The highest BCUT2D eigenvalue weighted by atomic mass is 16.5. The number of nitrogens with one attached hydrogen (secondary N) is 4. The first-order chi connectivity index (χ1) is 23.3. The zero-order valence-corrected chi connectivity index (χ0v) is 28.4. The minimum atomic E-state index is -0.878. The van der Waals surface area contributed by atoms with Gasteiger partial charge in [-0.3, -0.25) is 4.79 Å². The molecule has 0 fully saturated rings. The van der Waals surface area contributed by atoms with Gasteiger partial charge in [0.2, 0.25) is 5.91 Å². The lowest BCUT2D eigenvalue weighted by Gasteiger charge is -2.27. The van der Waals surface area contributed by atoms with Crippen LogP contribution in [-0.4, -0.2) is 57.0 Å². The standard InChI is InChI=1S/C38H45N7O3/c1-6-17-39-23-34-40-21-32(42-34)28-13-15-30(25(3)19-28)31-16-14-29(20-26(31)4)33-22-41-35(43-33)24-45(18-7-2)37(46)36(44-38(47)48-5)27-11-9-8-10-12-27/h8-16,19-22,36,39H,6-7,17-18,23-24H2,1-5H3,(H,40,42)(H,41,43)(H,44,47). The summed E-state index contributed by atoms with van der Waals surface area (Å²) in [5.74, 6) is 1.36. The monoisotopic (exact) mass is 647 g/mol.